The van der Waals surface area contributed by atoms with E-state index in [2.05, 4.69) is 21.1 Å². The Morgan fingerprint density at radius 1 is 1.17 bits per heavy atom. The van der Waals surface area contributed by atoms with Crippen molar-refractivity contribution >= 4 is 17.0 Å². The van der Waals surface area contributed by atoms with Crippen molar-refractivity contribution in [3.63, 3.8) is 0 Å². The standard InChI is InChI=1S/C17H17N3O2S/c1-2-6-14-13(5-1)20(10-11-21-14)9-3-8-16-18-17(19-22-16)15-7-4-12-23-15/h1-2,4-7,12H,3,8-11H2. The summed E-state index contributed by atoms with van der Waals surface area (Å²) < 4.78 is 11.0. The number of rotatable bonds is 5. The van der Waals surface area contributed by atoms with Crippen LogP contribution in [0.3, 0.4) is 0 Å². The van der Waals surface area contributed by atoms with Gasteiger partial charge in [-0.05, 0) is 30.0 Å². The predicted molar refractivity (Wildman–Crippen MR) is 90.1 cm³/mol. The normalized spacial score (nSPS) is 13.7. The summed E-state index contributed by atoms with van der Waals surface area (Å²) in [6.07, 6.45) is 1.76. The van der Waals surface area contributed by atoms with Gasteiger partial charge in [-0.2, -0.15) is 4.98 Å². The lowest BCUT2D eigenvalue weighted by Crippen LogP contribution is -2.33. The van der Waals surface area contributed by atoms with Gasteiger partial charge < -0.3 is 14.2 Å². The second kappa shape index (κ2) is 6.42. The Morgan fingerprint density at radius 2 is 2.13 bits per heavy atom. The SMILES string of the molecule is c1csc(-c2noc(CCCN3CCOc4ccccc43)n2)c1. The molecule has 0 N–H and O–H groups in total. The Kier molecular flexibility index (Phi) is 3.98. The summed E-state index contributed by atoms with van der Waals surface area (Å²) in [6.45, 7) is 2.61. The van der Waals surface area contributed by atoms with Crippen molar-refractivity contribution in [2.75, 3.05) is 24.6 Å². The maximum atomic E-state index is 5.68. The second-order valence-electron chi connectivity index (χ2n) is 5.40. The van der Waals surface area contributed by atoms with E-state index in [-0.39, 0.29) is 0 Å². The Labute approximate surface area is 138 Å². The highest BCUT2D eigenvalue weighted by Gasteiger charge is 2.17. The minimum Gasteiger partial charge on any atom is -0.490 e. The molecule has 0 saturated heterocycles. The first kappa shape index (κ1) is 14.3. The van der Waals surface area contributed by atoms with E-state index in [1.807, 2.05) is 35.7 Å². The molecule has 3 aromatic rings. The van der Waals surface area contributed by atoms with Gasteiger partial charge in [0.2, 0.25) is 11.7 Å². The molecule has 0 atom stereocenters. The van der Waals surface area contributed by atoms with Crippen molar-refractivity contribution in [2.24, 2.45) is 0 Å². The number of para-hydroxylation sites is 2. The van der Waals surface area contributed by atoms with Crippen LogP contribution in [0.2, 0.25) is 0 Å². The zero-order valence-electron chi connectivity index (χ0n) is 12.6. The third-order valence-electron chi connectivity index (χ3n) is 3.85. The molecule has 0 radical (unpaired) electrons. The number of ether oxygens (including phenoxy) is 1. The summed E-state index contributed by atoms with van der Waals surface area (Å²) >= 11 is 1.62. The van der Waals surface area contributed by atoms with E-state index in [1.54, 1.807) is 11.3 Å². The number of hydrogen-bond donors (Lipinski definition) is 0. The average Bonchev–Trinajstić information content (AvgIpc) is 3.26. The number of hydrogen-bond acceptors (Lipinski definition) is 6. The summed E-state index contributed by atoms with van der Waals surface area (Å²) in [6, 6.07) is 12.2. The number of fused-ring (bicyclic) bond motifs is 1. The first-order chi connectivity index (χ1) is 11.4. The van der Waals surface area contributed by atoms with Gasteiger partial charge in [-0.15, -0.1) is 11.3 Å². The molecule has 1 aliphatic heterocycles. The third-order valence-corrected chi connectivity index (χ3v) is 4.72. The molecular weight excluding hydrogens is 310 g/mol. The molecule has 118 valence electrons. The molecule has 0 aliphatic carbocycles. The van der Waals surface area contributed by atoms with Gasteiger partial charge >= 0.3 is 0 Å². The molecule has 23 heavy (non-hydrogen) atoms. The van der Waals surface area contributed by atoms with Crippen LogP contribution < -0.4 is 9.64 Å². The minimum atomic E-state index is 0.687. The Morgan fingerprint density at radius 3 is 3.04 bits per heavy atom. The second-order valence-corrected chi connectivity index (χ2v) is 6.34. The van der Waals surface area contributed by atoms with E-state index in [4.69, 9.17) is 9.26 Å². The summed E-state index contributed by atoms with van der Waals surface area (Å²) in [4.78, 5) is 7.87. The smallest absolute Gasteiger partial charge is 0.227 e. The van der Waals surface area contributed by atoms with Crippen LogP contribution in [0.25, 0.3) is 10.7 Å². The summed E-state index contributed by atoms with van der Waals surface area (Å²) in [7, 11) is 0. The van der Waals surface area contributed by atoms with Gasteiger partial charge in [0.15, 0.2) is 0 Å². The largest absolute Gasteiger partial charge is 0.490 e. The highest BCUT2D eigenvalue weighted by molar-refractivity contribution is 7.13. The molecule has 0 bridgehead atoms. The van der Waals surface area contributed by atoms with Crippen molar-refractivity contribution in [2.45, 2.75) is 12.8 Å². The quantitative estimate of drug-likeness (QED) is 0.716. The lowest BCUT2D eigenvalue weighted by Gasteiger charge is -2.31. The zero-order valence-corrected chi connectivity index (χ0v) is 13.5. The van der Waals surface area contributed by atoms with Crippen molar-refractivity contribution < 1.29 is 9.26 Å². The molecule has 0 saturated carbocycles. The number of nitrogens with zero attached hydrogens (tertiary/aromatic N) is 3. The zero-order chi connectivity index (χ0) is 15.5. The van der Waals surface area contributed by atoms with Crippen LogP contribution in [0.1, 0.15) is 12.3 Å². The molecule has 0 fully saturated rings. The number of thiophene rings is 1. The maximum absolute atomic E-state index is 5.68. The van der Waals surface area contributed by atoms with Crippen molar-refractivity contribution in [1.82, 2.24) is 10.1 Å². The molecule has 0 amide bonds. The van der Waals surface area contributed by atoms with Crippen LogP contribution in [0.15, 0.2) is 46.3 Å². The Bertz CT molecular complexity index is 770. The van der Waals surface area contributed by atoms with Gasteiger partial charge in [-0.1, -0.05) is 23.4 Å². The summed E-state index contributed by atoms with van der Waals surface area (Å²) in [5.74, 6) is 2.36. The fourth-order valence-corrected chi connectivity index (χ4v) is 3.39. The van der Waals surface area contributed by atoms with Gasteiger partial charge in [-0.25, -0.2) is 0 Å². The molecule has 5 nitrogen and oxygen atoms in total. The molecule has 3 heterocycles. The molecule has 2 aromatic heterocycles. The van der Waals surface area contributed by atoms with E-state index in [1.165, 1.54) is 5.69 Å². The number of aryl methyl sites for hydroxylation is 1. The van der Waals surface area contributed by atoms with Crippen molar-refractivity contribution in [3.8, 4) is 16.5 Å². The Balaban J connectivity index is 1.36. The van der Waals surface area contributed by atoms with Gasteiger partial charge in [0, 0.05) is 13.0 Å². The van der Waals surface area contributed by atoms with E-state index >= 15 is 0 Å². The highest BCUT2D eigenvalue weighted by atomic mass is 32.1. The Hall–Kier alpha value is -2.34. The molecule has 6 heteroatoms. The van der Waals surface area contributed by atoms with E-state index in [0.29, 0.717) is 11.7 Å². The summed E-state index contributed by atoms with van der Waals surface area (Å²) in [5.41, 5.74) is 1.17. The van der Waals surface area contributed by atoms with Crippen LogP contribution in [0, 0.1) is 0 Å². The predicted octanol–water partition coefficient (Wildman–Crippen LogP) is 3.63. The van der Waals surface area contributed by atoms with Crippen LogP contribution in [-0.2, 0) is 6.42 Å². The van der Waals surface area contributed by atoms with Gasteiger partial charge in [0.05, 0.1) is 17.1 Å². The molecule has 1 aromatic carbocycles. The lowest BCUT2D eigenvalue weighted by molar-refractivity contribution is 0.306. The fourth-order valence-electron chi connectivity index (χ4n) is 2.74. The first-order valence-corrected chi connectivity index (χ1v) is 8.61. The van der Waals surface area contributed by atoms with Crippen LogP contribution >= 0.6 is 11.3 Å². The minimum absolute atomic E-state index is 0.687. The number of aromatic nitrogens is 2. The van der Waals surface area contributed by atoms with Crippen molar-refractivity contribution in [1.29, 1.82) is 0 Å². The van der Waals surface area contributed by atoms with Crippen molar-refractivity contribution in [3.05, 3.63) is 47.7 Å². The monoisotopic (exact) mass is 327 g/mol. The van der Waals surface area contributed by atoms with Crippen LogP contribution in [0.4, 0.5) is 5.69 Å². The fraction of sp³-hybridized carbons (Fsp3) is 0.294. The topological polar surface area (TPSA) is 51.4 Å². The van der Waals surface area contributed by atoms with Gasteiger partial charge in [0.25, 0.3) is 0 Å². The van der Waals surface area contributed by atoms with Gasteiger partial charge in [-0.3, -0.25) is 0 Å². The molecular formula is C17H17N3O2S. The lowest BCUT2D eigenvalue weighted by atomic mass is 10.2. The van der Waals surface area contributed by atoms with Crippen LogP contribution in [0.5, 0.6) is 5.75 Å². The molecule has 0 unspecified atom stereocenters. The van der Waals surface area contributed by atoms with Crippen LogP contribution in [-0.4, -0.2) is 29.8 Å². The van der Waals surface area contributed by atoms with E-state index < -0.39 is 0 Å². The molecule has 0 spiro atoms. The molecule has 4 rings (SSSR count). The molecule has 1 aliphatic rings. The maximum Gasteiger partial charge on any atom is 0.227 e. The number of benzene rings is 1. The van der Waals surface area contributed by atoms with Gasteiger partial charge in [0.1, 0.15) is 12.4 Å². The number of anilines is 1. The third kappa shape index (κ3) is 3.07. The summed E-state index contributed by atoms with van der Waals surface area (Å²) in [5, 5.41) is 6.07. The highest BCUT2D eigenvalue weighted by Crippen LogP contribution is 2.31. The average molecular weight is 327 g/mol. The first-order valence-electron chi connectivity index (χ1n) is 7.73. The van der Waals surface area contributed by atoms with E-state index in [0.717, 1.165) is 43.2 Å². The van der Waals surface area contributed by atoms with E-state index in [9.17, 15) is 0 Å².